The van der Waals surface area contributed by atoms with Gasteiger partial charge in [-0.1, -0.05) is 18.5 Å². The van der Waals surface area contributed by atoms with E-state index in [1.807, 2.05) is 6.92 Å². The number of benzene rings is 1. The molecule has 0 radical (unpaired) electrons. The van der Waals surface area contributed by atoms with Gasteiger partial charge in [0.2, 0.25) is 10.0 Å². The van der Waals surface area contributed by atoms with E-state index in [9.17, 15) is 12.8 Å². The summed E-state index contributed by atoms with van der Waals surface area (Å²) < 4.78 is 40.0. The van der Waals surface area contributed by atoms with Gasteiger partial charge in [-0.05, 0) is 38.0 Å². The first-order chi connectivity index (χ1) is 9.07. The Kier molecular flexibility index (Phi) is 5.46. The van der Waals surface area contributed by atoms with Crippen LogP contribution in [0.5, 0.6) is 0 Å². The standard InChI is InChI=1S/C13H18Cl2FNO2S/c1-5-13(2,3)17(4)20(18,19)10-6-9(8-14)12(15)11(16)7-10/h6-7H,5,8H2,1-4H3. The predicted octanol–water partition coefficient (Wildman–Crippen LogP) is 4.03. The van der Waals surface area contributed by atoms with Crippen molar-refractivity contribution in [2.24, 2.45) is 0 Å². The first kappa shape index (κ1) is 17.7. The van der Waals surface area contributed by atoms with Crippen LogP contribution in [-0.2, 0) is 15.9 Å². The molecule has 0 heterocycles. The fourth-order valence-electron chi connectivity index (χ4n) is 1.57. The van der Waals surface area contributed by atoms with Crippen molar-refractivity contribution in [3.63, 3.8) is 0 Å². The number of alkyl halides is 1. The average Bonchev–Trinajstić information content (AvgIpc) is 2.40. The molecule has 0 spiro atoms. The molecule has 0 saturated carbocycles. The second-order valence-electron chi connectivity index (χ2n) is 5.15. The van der Waals surface area contributed by atoms with E-state index in [0.717, 1.165) is 6.07 Å². The predicted molar refractivity (Wildman–Crippen MR) is 80.3 cm³/mol. The Morgan fingerprint density at radius 3 is 2.35 bits per heavy atom. The van der Waals surface area contributed by atoms with Crippen LogP contribution >= 0.6 is 23.2 Å². The summed E-state index contributed by atoms with van der Waals surface area (Å²) in [5, 5.41) is -0.142. The molecular formula is C13H18Cl2FNO2S. The van der Waals surface area contributed by atoms with Crippen LogP contribution in [0.3, 0.4) is 0 Å². The summed E-state index contributed by atoms with van der Waals surface area (Å²) in [5.74, 6) is -0.842. The molecule has 1 aromatic carbocycles. The van der Waals surface area contributed by atoms with Crippen molar-refractivity contribution < 1.29 is 12.8 Å². The Hall–Kier alpha value is -0.360. The normalized spacial score (nSPS) is 13.0. The topological polar surface area (TPSA) is 37.4 Å². The van der Waals surface area contributed by atoms with Gasteiger partial charge in [-0.2, -0.15) is 4.31 Å². The molecule has 1 aromatic rings. The molecule has 0 aromatic heterocycles. The SMILES string of the molecule is CCC(C)(C)N(C)S(=O)(=O)c1cc(F)c(Cl)c(CCl)c1. The van der Waals surface area contributed by atoms with E-state index >= 15 is 0 Å². The number of rotatable bonds is 5. The second kappa shape index (κ2) is 6.18. The van der Waals surface area contributed by atoms with E-state index in [1.165, 1.54) is 17.4 Å². The minimum absolute atomic E-state index is 0.0556. The summed E-state index contributed by atoms with van der Waals surface area (Å²) >= 11 is 11.4. The highest BCUT2D eigenvalue weighted by atomic mass is 35.5. The van der Waals surface area contributed by atoms with Crippen molar-refractivity contribution in [1.29, 1.82) is 0 Å². The van der Waals surface area contributed by atoms with Crippen molar-refractivity contribution in [3.8, 4) is 0 Å². The van der Waals surface area contributed by atoms with Crippen LogP contribution < -0.4 is 0 Å². The zero-order valence-corrected chi connectivity index (χ0v) is 14.2. The zero-order valence-electron chi connectivity index (χ0n) is 11.9. The average molecular weight is 342 g/mol. The number of hydrogen-bond acceptors (Lipinski definition) is 2. The molecule has 1 rings (SSSR count). The molecule has 0 saturated heterocycles. The molecule has 0 aliphatic heterocycles. The summed E-state index contributed by atoms with van der Waals surface area (Å²) in [5.41, 5.74) is -0.314. The largest absolute Gasteiger partial charge is 0.243 e. The summed E-state index contributed by atoms with van der Waals surface area (Å²) in [6.45, 7) is 5.50. The Morgan fingerprint density at radius 1 is 1.35 bits per heavy atom. The molecule has 0 aliphatic carbocycles. The van der Waals surface area contributed by atoms with E-state index in [4.69, 9.17) is 23.2 Å². The van der Waals surface area contributed by atoms with Gasteiger partial charge in [0.05, 0.1) is 9.92 Å². The van der Waals surface area contributed by atoms with E-state index in [0.29, 0.717) is 6.42 Å². The molecule has 0 amide bonds. The van der Waals surface area contributed by atoms with Crippen LogP contribution in [-0.4, -0.2) is 25.3 Å². The highest BCUT2D eigenvalue weighted by molar-refractivity contribution is 7.89. The summed E-state index contributed by atoms with van der Waals surface area (Å²) in [6.07, 6.45) is 0.626. The highest BCUT2D eigenvalue weighted by Gasteiger charge is 2.33. The van der Waals surface area contributed by atoms with Crippen LogP contribution in [0.4, 0.5) is 4.39 Å². The van der Waals surface area contributed by atoms with Crippen LogP contribution in [0, 0.1) is 5.82 Å². The van der Waals surface area contributed by atoms with Crippen molar-refractivity contribution >= 4 is 33.2 Å². The van der Waals surface area contributed by atoms with Crippen LogP contribution in [0.15, 0.2) is 17.0 Å². The molecule has 114 valence electrons. The highest BCUT2D eigenvalue weighted by Crippen LogP contribution is 2.30. The minimum Gasteiger partial charge on any atom is -0.207 e. The van der Waals surface area contributed by atoms with Gasteiger partial charge in [-0.3, -0.25) is 0 Å². The molecule has 0 aliphatic rings. The van der Waals surface area contributed by atoms with Gasteiger partial charge < -0.3 is 0 Å². The Balaban J connectivity index is 3.40. The van der Waals surface area contributed by atoms with Gasteiger partial charge >= 0.3 is 0 Å². The number of halogens is 3. The van der Waals surface area contributed by atoms with Crippen LogP contribution in [0.2, 0.25) is 5.02 Å². The smallest absolute Gasteiger partial charge is 0.207 e. The number of hydrogen-bond donors (Lipinski definition) is 0. The molecule has 0 atom stereocenters. The number of nitrogens with zero attached hydrogens (tertiary/aromatic N) is 1. The molecule has 3 nitrogen and oxygen atoms in total. The molecule has 7 heteroatoms. The van der Waals surface area contributed by atoms with Crippen molar-refractivity contribution in [2.45, 2.75) is 43.5 Å². The second-order valence-corrected chi connectivity index (χ2v) is 7.76. The van der Waals surface area contributed by atoms with Crippen molar-refractivity contribution in [2.75, 3.05) is 7.05 Å². The van der Waals surface area contributed by atoms with E-state index in [2.05, 4.69) is 0 Å². The first-order valence-electron chi connectivity index (χ1n) is 6.10. The fourth-order valence-corrected chi connectivity index (χ4v) is 3.67. The lowest BCUT2D eigenvalue weighted by molar-refractivity contribution is 0.257. The molecule has 0 fully saturated rings. The lowest BCUT2D eigenvalue weighted by Crippen LogP contribution is -2.44. The van der Waals surface area contributed by atoms with Crippen molar-refractivity contribution in [1.82, 2.24) is 4.31 Å². The maximum atomic E-state index is 13.7. The van der Waals surface area contributed by atoms with E-state index in [-0.39, 0.29) is 21.4 Å². The van der Waals surface area contributed by atoms with Crippen LogP contribution in [0.1, 0.15) is 32.8 Å². The lowest BCUT2D eigenvalue weighted by Gasteiger charge is -2.33. The van der Waals surface area contributed by atoms with Crippen LogP contribution in [0.25, 0.3) is 0 Å². The Morgan fingerprint density at radius 2 is 1.90 bits per heavy atom. The number of sulfonamides is 1. The molecule has 20 heavy (non-hydrogen) atoms. The summed E-state index contributed by atoms with van der Waals surface area (Å²) in [6, 6.07) is 2.24. The van der Waals surface area contributed by atoms with Gasteiger partial charge in [-0.25, -0.2) is 12.8 Å². The van der Waals surface area contributed by atoms with Gasteiger partial charge in [0.15, 0.2) is 0 Å². The Labute approximate surface area is 129 Å². The molecular weight excluding hydrogens is 324 g/mol. The van der Waals surface area contributed by atoms with Gasteiger partial charge in [-0.15, -0.1) is 11.6 Å². The Bertz CT molecular complexity index is 603. The third kappa shape index (κ3) is 3.27. The monoisotopic (exact) mass is 341 g/mol. The lowest BCUT2D eigenvalue weighted by atomic mass is 10.0. The third-order valence-corrected chi connectivity index (χ3v) is 6.36. The first-order valence-corrected chi connectivity index (χ1v) is 8.46. The minimum atomic E-state index is -3.80. The van der Waals surface area contributed by atoms with Crippen molar-refractivity contribution in [3.05, 3.63) is 28.5 Å². The van der Waals surface area contributed by atoms with E-state index < -0.39 is 21.4 Å². The fraction of sp³-hybridized carbons (Fsp3) is 0.538. The third-order valence-electron chi connectivity index (χ3n) is 3.60. The maximum absolute atomic E-state index is 13.7. The molecule has 0 N–H and O–H groups in total. The van der Waals surface area contributed by atoms with Gasteiger partial charge in [0, 0.05) is 18.5 Å². The quantitative estimate of drug-likeness (QED) is 0.758. The molecule has 0 bridgehead atoms. The summed E-state index contributed by atoms with van der Waals surface area (Å²) in [4.78, 5) is -0.140. The van der Waals surface area contributed by atoms with Gasteiger partial charge in [0.25, 0.3) is 0 Å². The summed E-state index contributed by atoms with van der Waals surface area (Å²) in [7, 11) is -2.33. The van der Waals surface area contributed by atoms with E-state index in [1.54, 1.807) is 13.8 Å². The molecule has 0 unspecified atom stereocenters. The van der Waals surface area contributed by atoms with Gasteiger partial charge in [0.1, 0.15) is 5.82 Å². The zero-order chi connectivity index (χ0) is 15.7. The maximum Gasteiger partial charge on any atom is 0.243 e.